The molecule has 0 fully saturated rings. The van der Waals surface area contributed by atoms with Crippen LogP contribution >= 0.6 is 0 Å². The van der Waals surface area contributed by atoms with E-state index in [-0.39, 0.29) is 0 Å². The van der Waals surface area contributed by atoms with E-state index in [9.17, 15) is 0 Å². The molecule has 5 heteroatoms. The van der Waals surface area contributed by atoms with Crippen molar-refractivity contribution in [2.75, 3.05) is 5.73 Å². The summed E-state index contributed by atoms with van der Waals surface area (Å²) < 4.78 is 10.4. The second-order valence-electron chi connectivity index (χ2n) is 3.94. The van der Waals surface area contributed by atoms with Crippen molar-refractivity contribution in [3.8, 4) is 22.8 Å². The first-order valence-corrected chi connectivity index (χ1v) is 5.48. The molecule has 0 spiro atoms. The Morgan fingerprint density at radius 1 is 1.22 bits per heavy atom. The number of nitrogen functional groups attached to an aromatic ring is 1. The van der Waals surface area contributed by atoms with Crippen LogP contribution in [0.3, 0.4) is 0 Å². The highest BCUT2D eigenvalue weighted by Gasteiger charge is 2.13. The number of nitrogens with zero attached hydrogens (tertiary/aromatic N) is 2. The Hall–Kier alpha value is -2.56. The second-order valence-corrected chi connectivity index (χ2v) is 3.94. The molecule has 0 unspecified atom stereocenters. The van der Waals surface area contributed by atoms with Crippen LogP contribution in [-0.2, 0) is 0 Å². The van der Waals surface area contributed by atoms with Crippen molar-refractivity contribution in [2.24, 2.45) is 0 Å². The molecule has 90 valence electrons. The predicted molar refractivity (Wildman–Crippen MR) is 66.6 cm³/mol. The minimum Gasteiger partial charge on any atom is -0.469 e. The summed E-state index contributed by atoms with van der Waals surface area (Å²) >= 11 is 0. The first-order chi connectivity index (χ1) is 8.74. The maximum Gasteiger partial charge on any atom is 0.258 e. The number of hydrogen-bond acceptors (Lipinski definition) is 5. The van der Waals surface area contributed by atoms with Crippen molar-refractivity contribution in [1.29, 1.82) is 0 Å². The zero-order chi connectivity index (χ0) is 12.5. The topological polar surface area (TPSA) is 78.1 Å². The standard InChI is InChI=1S/C13H11N3O2/c1-8-11(5-6-17-8)12-15-13(18-16-12)9-3-2-4-10(14)7-9/h2-7H,14H2,1H3. The van der Waals surface area contributed by atoms with Gasteiger partial charge in [0.05, 0.1) is 11.8 Å². The molecule has 0 saturated heterocycles. The van der Waals surface area contributed by atoms with Gasteiger partial charge in [-0.15, -0.1) is 0 Å². The molecule has 0 atom stereocenters. The molecule has 5 nitrogen and oxygen atoms in total. The van der Waals surface area contributed by atoms with Crippen LogP contribution < -0.4 is 5.73 Å². The normalized spacial score (nSPS) is 10.7. The molecular formula is C13H11N3O2. The van der Waals surface area contributed by atoms with Crippen LogP contribution in [0.1, 0.15) is 5.76 Å². The first-order valence-electron chi connectivity index (χ1n) is 5.48. The number of benzene rings is 1. The van der Waals surface area contributed by atoms with E-state index in [1.807, 2.05) is 25.1 Å². The van der Waals surface area contributed by atoms with Crippen LogP contribution in [0.5, 0.6) is 0 Å². The summed E-state index contributed by atoms with van der Waals surface area (Å²) in [5.74, 6) is 1.71. The fourth-order valence-corrected chi connectivity index (χ4v) is 1.74. The van der Waals surface area contributed by atoms with Crippen molar-refractivity contribution in [2.45, 2.75) is 6.92 Å². The second kappa shape index (κ2) is 4.03. The number of aryl methyl sites for hydroxylation is 1. The van der Waals surface area contributed by atoms with E-state index in [4.69, 9.17) is 14.7 Å². The number of anilines is 1. The summed E-state index contributed by atoms with van der Waals surface area (Å²) in [7, 11) is 0. The lowest BCUT2D eigenvalue weighted by molar-refractivity contribution is 0.432. The van der Waals surface area contributed by atoms with Gasteiger partial charge in [0.25, 0.3) is 5.89 Å². The van der Waals surface area contributed by atoms with Gasteiger partial charge in [-0.05, 0) is 31.2 Å². The molecule has 0 radical (unpaired) electrons. The molecular weight excluding hydrogens is 230 g/mol. The molecule has 18 heavy (non-hydrogen) atoms. The van der Waals surface area contributed by atoms with Crippen LogP contribution in [0.25, 0.3) is 22.8 Å². The Morgan fingerprint density at radius 2 is 2.11 bits per heavy atom. The zero-order valence-corrected chi connectivity index (χ0v) is 9.75. The summed E-state index contributed by atoms with van der Waals surface area (Å²) in [4.78, 5) is 4.33. The number of rotatable bonds is 2. The fourth-order valence-electron chi connectivity index (χ4n) is 1.74. The number of nitrogens with two attached hydrogens (primary N) is 1. The highest BCUT2D eigenvalue weighted by atomic mass is 16.5. The van der Waals surface area contributed by atoms with Crippen molar-refractivity contribution in [3.63, 3.8) is 0 Å². The van der Waals surface area contributed by atoms with Gasteiger partial charge in [0.1, 0.15) is 5.76 Å². The van der Waals surface area contributed by atoms with Crippen LogP contribution in [0, 0.1) is 6.92 Å². The molecule has 0 saturated carbocycles. The molecule has 0 bridgehead atoms. The van der Waals surface area contributed by atoms with Crippen molar-refractivity contribution in [3.05, 3.63) is 42.4 Å². The largest absolute Gasteiger partial charge is 0.469 e. The van der Waals surface area contributed by atoms with Gasteiger partial charge in [0.2, 0.25) is 5.82 Å². The van der Waals surface area contributed by atoms with E-state index in [0.717, 1.165) is 16.9 Å². The van der Waals surface area contributed by atoms with Gasteiger partial charge in [0.15, 0.2) is 0 Å². The zero-order valence-electron chi connectivity index (χ0n) is 9.75. The van der Waals surface area contributed by atoms with Crippen LogP contribution in [0.15, 0.2) is 45.5 Å². The molecule has 0 amide bonds. The molecule has 3 rings (SSSR count). The van der Waals surface area contributed by atoms with Gasteiger partial charge in [-0.3, -0.25) is 0 Å². The number of hydrogen-bond donors (Lipinski definition) is 1. The van der Waals surface area contributed by atoms with E-state index in [1.165, 1.54) is 0 Å². The monoisotopic (exact) mass is 241 g/mol. The van der Waals surface area contributed by atoms with Gasteiger partial charge >= 0.3 is 0 Å². The Labute approximate surface area is 103 Å². The van der Waals surface area contributed by atoms with Crippen molar-refractivity contribution < 1.29 is 8.94 Å². The highest BCUT2D eigenvalue weighted by Crippen LogP contribution is 2.25. The van der Waals surface area contributed by atoms with E-state index in [0.29, 0.717) is 17.4 Å². The van der Waals surface area contributed by atoms with E-state index >= 15 is 0 Å². The predicted octanol–water partition coefficient (Wildman–Crippen LogP) is 2.89. The van der Waals surface area contributed by atoms with Crippen molar-refractivity contribution >= 4 is 5.69 Å². The molecule has 3 aromatic rings. The Morgan fingerprint density at radius 3 is 2.83 bits per heavy atom. The van der Waals surface area contributed by atoms with Crippen molar-refractivity contribution in [1.82, 2.24) is 10.1 Å². The molecule has 0 aliphatic carbocycles. The quantitative estimate of drug-likeness (QED) is 0.698. The molecule has 0 aliphatic heterocycles. The molecule has 0 aliphatic rings. The van der Waals surface area contributed by atoms with E-state index in [2.05, 4.69) is 10.1 Å². The summed E-state index contributed by atoms with van der Waals surface area (Å²) in [6, 6.07) is 9.12. The number of furan rings is 1. The van der Waals surface area contributed by atoms with Crippen LogP contribution in [-0.4, -0.2) is 10.1 Å². The minimum absolute atomic E-state index is 0.443. The summed E-state index contributed by atoms with van der Waals surface area (Å²) in [5.41, 5.74) is 8.00. The van der Waals surface area contributed by atoms with Gasteiger partial charge in [-0.2, -0.15) is 4.98 Å². The average molecular weight is 241 g/mol. The SMILES string of the molecule is Cc1occc1-c1noc(-c2cccc(N)c2)n1. The summed E-state index contributed by atoms with van der Waals surface area (Å²) in [5, 5.41) is 3.94. The Bertz CT molecular complexity index is 685. The first kappa shape index (κ1) is 10.6. The summed E-state index contributed by atoms with van der Waals surface area (Å²) in [6.45, 7) is 1.85. The smallest absolute Gasteiger partial charge is 0.258 e. The Balaban J connectivity index is 2.02. The highest BCUT2D eigenvalue weighted by molar-refractivity contribution is 5.63. The summed E-state index contributed by atoms with van der Waals surface area (Å²) in [6.07, 6.45) is 1.60. The maximum absolute atomic E-state index is 5.72. The van der Waals surface area contributed by atoms with E-state index in [1.54, 1.807) is 18.4 Å². The Kier molecular flexibility index (Phi) is 2.37. The van der Waals surface area contributed by atoms with Crippen LogP contribution in [0.2, 0.25) is 0 Å². The van der Waals surface area contributed by atoms with Gasteiger partial charge in [0, 0.05) is 11.3 Å². The maximum atomic E-state index is 5.72. The third kappa shape index (κ3) is 1.75. The van der Waals surface area contributed by atoms with Gasteiger partial charge < -0.3 is 14.7 Å². The number of aromatic nitrogens is 2. The van der Waals surface area contributed by atoms with Gasteiger partial charge in [-0.25, -0.2) is 0 Å². The average Bonchev–Trinajstić information content (AvgIpc) is 2.97. The minimum atomic E-state index is 0.443. The third-order valence-electron chi connectivity index (χ3n) is 2.66. The fraction of sp³-hybridized carbons (Fsp3) is 0.0769. The lowest BCUT2D eigenvalue weighted by atomic mass is 10.2. The lowest BCUT2D eigenvalue weighted by Crippen LogP contribution is -1.85. The molecule has 2 heterocycles. The van der Waals surface area contributed by atoms with Gasteiger partial charge in [-0.1, -0.05) is 11.2 Å². The molecule has 2 aromatic heterocycles. The lowest BCUT2D eigenvalue weighted by Gasteiger charge is -1.95. The molecule has 1 aromatic carbocycles. The molecule has 2 N–H and O–H groups in total. The van der Waals surface area contributed by atoms with Crippen LogP contribution in [0.4, 0.5) is 5.69 Å². The third-order valence-corrected chi connectivity index (χ3v) is 2.66. The van der Waals surface area contributed by atoms with E-state index < -0.39 is 0 Å².